The molecule has 5 nitrogen and oxygen atoms in total. The average molecular weight is 247 g/mol. The molecule has 2 aromatic rings. The van der Waals surface area contributed by atoms with Crippen LogP contribution in [0, 0.1) is 5.41 Å². The van der Waals surface area contributed by atoms with E-state index >= 15 is 0 Å². The van der Waals surface area contributed by atoms with E-state index in [2.05, 4.69) is 15.3 Å². The summed E-state index contributed by atoms with van der Waals surface area (Å²) in [7, 11) is 0. The van der Waals surface area contributed by atoms with E-state index in [1.807, 2.05) is 18.2 Å². The molecule has 2 rings (SSSR count). The van der Waals surface area contributed by atoms with Crippen LogP contribution in [-0.4, -0.2) is 27.6 Å². The number of nitrogens with one attached hydrogen (secondary N) is 2. The molecule has 0 saturated heterocycles. The molecule has 96 valence electrons. The number of hydrogen-bond acceptors (Lipinski definition) is 3. The molecule has 1 heterocycles. The molecule has 0 unspecified atom stereocenters. The number of benzene rings is 1. The number of nitrogens with zero attached hydrogens (tertiary/aromatic N) is 1. The van der Waals surface area contributed by atoms with E-state index in [0.717, 1.165) is 16.6 Å². The number of aromatic amines is 1. The third-order valence-electron chi connectivity index (χ3n) is 2.96. The molecular weight excluding hydrogens is 230 g/mol. The average Bonchev–Trinajstić information content (AvgIpc) is 2.75. The predicted octanol–water partition coefficient (Wildman–Crippen LogP) is 1.76. The fourth-order valence-corrected chi connectivity index (χ4v) is 1.69. The van der Waals surface area contributed by atoms with E-state index in [0.29, 0.717) is 13.1 Å². The van der Waals surface area contributed by atoms with Gasteiger partial charge in [-0.25, -0.2) is 4.98 Å². The molecule has 0 aliphatic heterocycles. The van der Waals surface area contributed by atoms with Gasteiger partial charge in [0.05, 0.1) is 22.8 Å². The van der Waals surface area contributed by atoms with Crippen LogP contribution in [0.3, 0.4) is 0 Å². The molecule has 0 radical (unpaired) electrons. The summed E-state index contributed by atoms with van der Waals surface area (Å²) in [6, 6.07) is 5.96. The summed E-state index contributed by atoms with van der Waals surface area (Å²) >= 11 is 0. The lowest BCUT2D eigenvalue weighted by Gasteiger charge is -2.19. The van der Waals surface area contributed by atoms with Gasteiger partial charge in [0.15, 0.2) is 0 Å². The van der Waals surface area contributed by atoms with Crippen LogP contribution in [0.1, 0.15) is 19.4 Å². The van der Waals surface area contributed by atoms with Crippen LogP contribution in [0.25, 0.3) is 11.0 Å². The number of imidazole rings is 1. The Bertz CT molecular complexity index is 560. The number of carboxylic acids is 1. The molecule has 0 amide bonds. The number of aromatic nitrogens is 2. The summed E-state index contributed by atoms with van der Waals surface area (Å²) in [6.45, 7) is 4.50. The zero-order valence-electron chi connectivity index (χ0n) is 10.5. The molecule has 0 saturated carbocycles. The number of H-pyrrole nitrogens is 1. The summed E-state index contributed by atoms with van der Waals surface area (Å²) in [4.78, 5) is 18.2. The Morgan fingerprint density at radius 3 is 3.00 bits per heavy atom. The van der Waals surface area contributed by atoms with Gasteiger partial charge < -0.3 is 15.4 Å². The molecular formula is C13H17N3O2. The maximum absolute atomic E-state index is 11.0. The zero-order chi connectivity index (χ0) is 13.2. The largest absolute Gasteiger partial charge is 0.481 e. The Balaban J connectivity index is 1.96. The first-order valence-corrected chi connectivity index (χ1v) is 5.85. The second-order valence-electron chi connectivity index (χ2n) is 5.05. The highest BCUT2D eigenvalue weighted by molar-refractivity contribution is 5.75. The number of aliphatic carboxylic acids is 1. The Morgan fingerprint density at radius 1 is 1.50 bits per heavy atom. The van der Waals surface area contributed by atoms with Gasteiger partial charge >= 0.3 is 5.97 Å². The molecule has 18 heavy (non-hydrogen) atoms. The Morgan fingerprint density at radius 2 is 2.28 bits per heavy atom. The minimum absolute atomic E-state index is 0.434. The predicted molar refractivity (Wildman–Crippen MR) is 69.2 cm³/mol. The van der Waals surface area contributed by atoms with Gasteiger partial charge in [0.25, 0.3) is 0 Å². The minimum Gasteiger partial charge on any atom is -0.481 e. The van der Waals surface area contributed by atoms with Crippen molar-refractivity contribution in [2.45, 2.75) is 20.4 Å². The number of hydrogen-bond donors (Lipinski definition) is 3. The van der Waals surface area contributed by atoms with Crippen LogP contribution in [0.2, 0.25) is 0 Å². The molecule has 0 atom stereocenters. The first-order valence-electron chi connectivity index (χ1n) is 5.85. The Labute approximate surface area is 105 Å². The van der Waals surface area contributed by atoms with Crippen LogP contribution in [0.5, 0.6) is 0 Å². The van der Waals surface area contributed by atoms with Crippen LogP contribution >= 0.6 is 0 Å². The van der Waals surface area contributed by atoms with Crippen molar-refractivity contribution >= 4 is 17.0 Å². The second kappa shape index (κ2) is 4.78. The van der Waals surface area contributed by atoms with E-state index in [1.165, 1.54) is 0 Å². The molecule has 0 spiro atoms. The number of rotatable bonds is 5. The van der Waals surface area contributed by atoms with Crippen molar-refractivity contribution in [2.24, 2.45) is 5.41 Å². The van der Waals surface area contributed by atoms with Gasteiger partial charge in [-0.05, 0) is 31.5 Å². The number of fused-ring (bicyclic) bond motifs is 1. The van der Waals surface area contributed by atoms with Crippen molar-refractivity contribution in [1.82, 2.24) is 15.3 Å². The van der Waals surface area contributed by atoms with Gasteiger partial charge in [-0.15, -0.1) is 0 Å². The molecule has 1 aromatic carbocycles. The quantitative estimate of drug-likeness (QED) is 0.752. The van der Waals surface area contributed by atoms with Crippen LogP contribution in [-0.2, 0) is 11.3 Å². The van der Waals surface area contributed by atoms with Gasteiger partial charge in [0.1, 0.15) is 0 Å². The van der Waals surface area contributed by atoms with Crippen LogP contribution in [0.15, 0.2) is 24.5 Å². The highest BCUT2D eigenvalue weighted by Gasteiger charge is 2.26. The number of carbonyl (C=O) groups is 1. The molecule has 0 aliphatic rings. The normalized spacial score (nSPS) is 11.9. The fourth-order valence-electron chi connectivity index (χ4n) is 1.69. The van der Waals surface area contributed by atoms with E-state index in [1.54, 1.807) is 20.2 Å². The van der Waals surface area contributed by atoms with Gasteiger partial charge in [0.2, 0.25) is 0 Å². The SMILES string of the molecule is CC(C)(CNCc1ccc2nc[nH]c2c1)C(=O)O. The standard InChI is InChI=1S/C13H17N3O2/c1-13(2,12(17)18)7-14-6-9-3-4-10-11(5-9)16-8-15-10/h3-5,8,14H,6-7H2,1-2H3,(H,15,16)(H,17,18). The third-order valence-corrected chi connectivity index (χ3v) is 2.96. The molecule has 0 aliphatic carbocycles. The minimum atomic E-state index is -0.793. The summed E-state index contributed by atoms with van der Waals surface area (Å²) in [5, 5.41) is 12.2. The molecule has 3 N–H and O–H groups in total. The third kappa shape index (κ3) is 2.68. The van der Waals surface area contributed by atoms with Crippen molar-refractivity contribution in [3.05, 3.63) is 30.1 Å². The lowest BCUT2D eigenvalue weighted by molar-refractivity contribution is -0.146. The first kappa shape index (κ1) is 12.6. The van der Waals surface area contributed by atoms with E-state index in [4.69, 9.17) is 5.11 Å². The van der Waals surface area contributed by atoms with Gasteiger partial charge in [-0.2, -0.15) is 0 Å². The Kier molecular flexibility index (Phi) is 3.34. The van der Waals surface area contributed by atoms with E-state index in [9.17, 15) is 4.79 Å². The topological polar surface area (TPSA) is 78.0 Å². The number of carboxylic acid groups (broad SMARTS) is 1. The van der Waals surface area contributed by atoms with Crippen molar-refractivity contribution in [2.75, 3.05) is 6.54 Å². The summed E-state index contributed by atoms with van der Waals surface area (Å²) < 4.78 is 0. The lowest BCUT2D eigenvalue weighted by atomic mass is 9.94. The van der Waals surface area contributed by atoms with Gasteiger partial charge in [0, 0.05) is 13.1 Å². The summed E-state index contributed by atoms with van der Waals surface area (Å²) in [5.74, 6) is -0.793. The molecule has 0 bridgehead atoms. The maximum Gasteiger partial charge on any atom is 0.310 e. The molecule has 1 aromatic heterocycles. The van der Waals surface area contributed by atoms with Crippen molar-refractivity contribution in [1.29, 1.82) is 0 Å². The second-order valence-corrected chi connectivity index (χ2v) is 5.05. The van der Waals surface area contributed by atoms with Gasteiger partial charge in [-0.3, -0.25) is 4.79 Å². The van der Waals surface area contributed by atoms with E-state index < -0.39 is 11.4 Å². The summed E-state index contributed by atoms with van der Waals surface area (Å²) in [5.41, 5.74) is 2.28. The van der Waals surface area contributed by atoms with Crippen molar-refractivity contribution in [3.63, 3.8) is 0 Å². The highest BCUT2D eigenvalue weighted by Crippen LogP contribution is 2.14. The highest BCUT2D eigenvalue weighted by atomic mass is 16.4. The summed E-state index contributed by atoms with van der Waals surface area (Å²) in [6.07, 6.45) is 1.66. The molecule has 5 heteroatoms. The maximum atomic E-state index is 11.0. The van der Waals surface area contributed by atoms with Gasteiger partial charge in [-0.1, -0.05) is 6.07 Å². The fraction of sp³-hybridized carbons (Fsp3) is 0.385. The smallest absolute Gasteiger partial charge is 0.310 e. The van der Waals surface area contributed by atoms with Crippen LogP contribution in [0.4, 0.5) is 0 Å². The molecule has 0 fully saturated rings. The van der Waals surface area contributed by atoms with Crippen molar-refractivity contribution < 1.29 is 9.90 Å². The van der Waals surface area contributed by atoms with E-state index in [-0.39, 0.29) is 0 Å². The zero-order valence-corrected chi connectivity index (χ0v) is 10.5. The van der Waals surface area contributed by atoms with Crippen molar-refractivity contribution in [3.8, 4) is 0 Å². The Hall–Kier alpha value is -1.88. The van der Waals surface area contributed by atoms with Crippen LogP contribution < -0.4 is 5.32 Å². The lowest BCUT2D eigenvalue weighted by Crippen LogP contribution is -2.35. The monoisotopic (exact) mass is 247 g/mol. The first-order chi connectivity index (χ1) is 8.49.